The van der Waals surface area contributed by atoms with Crippen molar-refractivity contribution in [3.63, 3.8) is 0 Å². The molecule has 0 aromatic heterocycles. The molecule has 7 heteroatoms. The number of hydrogen-bond acceptors (Lipinski definition) is 2. The molecular weight excluding hydrogens is 319 g/mol. The molecule has 0 spiro atoms. The van der Waals surface area contributed by atoms with E-state index in [-0.39, 0.29) is 4.70 Å². The number of rotatable bonds is 2. The third-order valence-electron chi connectivity index (χ3n) is 3.46. The minimum absolute atomic E-state index is 0. The maximum absolute atomic E-state index is 9.67. The zero-order valence-electron chi connectivity index (χ0n) is 13.5. The molecule has 0 N–H and O–H groups in total. The zero-order valence-corrected chi connectivity index (χ0v) is 13.5. The highest BCUT2D eigenvalue weighted by molar-refractivity contribution is 6.33. The molecule has 0 unspecified atom stereocenters. The van der Waals surface area contributed by atoms with Gasteiger partial charge in [-0.3, -0.25) is 12.9 Å². The Labute approximate surface area is 139 Å². The summed E-state index contributed by atoms with van der Waals surface area (Å²) in [5.74, 6) is 0. The van der Waals surface area contributed by atoms with Crippen LogP contribution >= 0.6 is 0 Å². The third kappa shape index (κ3) is 5.64. The Bertz CT molecular complexity index is 588. The molecule has 0 atom stereocenters. The minimum Gasteiger partial charge on any atom is -1.00 e. The Balaban J connectivity index is 0.000000522. The van der Waals surface area contributed by atoms with E-state index in [1.165, 1.54) is 22.5 Å². The molecule has 2 aromatic rings. The van der Waals surface area contributed by atoms with Crippen molar-refractivity contribution in [1.82, 2.24) is 0 Å². The fraction of sp³-hybridized carbons (Fsp3) is 0.176. The minimum atomic E-state index is -3.67. The van der Waals surface area contributed by atoms with E-state index in [0.29, 0.717) is 0 Å². The van der Waals surface area contributed by atoms with Gasteiger partial charge in [-0.25, -0.2) is 0 Å². The highest BCUT2D eigenvalue weighted by Crippen LogP contribution is 2.24. The molecule has 0 saturated heterocycles. The van der Waals surface area contributed by atoms with Crippen LogP contribution < -0.4 is 14.5 Å². The molecule has 1 aliphatic rings. The number of halogens is 4. The van der Waals surface area contributed by atoms with Crippen LogP contribution in [0.1, 0.15) is 11.1 Å². The zero-order chi connectivity index (χ0) is 16.8. The lowest BCUT2D eigenvalue weighted by atomic mass is 10.2. The molecular formula is C17H18BF4N2-. The monoisotopic (exact) mass is 337 g/mol. The molecule has 0 radical (unpaired) electrons. The topological polar surface area (TPSA) is 6.48 Å². The molecule has 24 heavy (non-hydrogen) atoms. The van der Waals surface area contributed by atoms with Gasteiger partial charge in [-0.15, -0.1) is 0 Å². The first-order valence-electron chi connectivity index (χ1n) is 7.23. The van der Waals surface area contributed by atoms with Crippen LogP contribution in [0.2, 0.25) is 0 Å². The highest BCUT2D eigenvalue weighted by Gasteiger charge is 2.14. The molecule has 0 fully saturated rings. The number of aryl methyl sites for hydroxylation is 2. The van der Waals surface area contributed by atoms with Gasteiger partial charge in [-0.1, -0.05) is 35.4 Å². The number of hydrogen-bond donors (Lipinski definition) is 0. The van der Waals surface area contributed by atoms with Gasteiger partial charge in [0.2, 0.25) is 0 Å². The Morgan fingerprint density at radius 2 is 1.00 bits per heavy atom. The van der Waals surface area contributed by atoms with E-state index in [9.17, 15) is 12.9 Å². The molecule has 2 aromatic carbocycles. The Hall–Kier alpha value is -2.44. The maximum atomic E-state index is 9.67. The van der Waals surface area contributed by atoms with Crippen LogP contribution in [0.25, 0.3) is 0 Å². The Morgan fingerprint density at radius 1 is 0.708 bits per heavy atom. The van der Waals surface area contributed by atoms with E-state index in [2.05, 4.69) is 84.6 Å². The van der Waals surface area contributed by atoms with Gasteiger partial charge in [-0.2, -0.15) is 0 Å². The first-order chi connectivity index (χ1) is 11.0. The van der Waals surface area contributed by atoms with E-state index in [1.54, 1.807) is 0 Å². The van der Waals surface area contributed by atoms with E-state index in [0.717, 1.165) is 6.67 Å². The molecule has 0 amide bonds. The van der Waals surface area contributed by atoms with Crippen LogP contribution in [-0.4, -0.2) is 14.2 Å². The summed E-state index contributed by atoms with van der Waals surface area (Å²) in [4.78, 5) is 4.50. The van der Waals surface area contributed by atoms with E-state index in [1.807, 2.05) is 0 Å². The van der Waals surface area contributed by atoms with Crippen molar-refractivity contribution in [2.75, 3.05) is 16.5 Å². The second-order valence-corrected chi connectivity index (χ2v) is 5.30. The van der Waals surface area contributed by atoms with Gasteiger partial charge in [-0.05, 0) is 38.1 Å². The molecule has 0 bridgehead atoms. The fourth-order valence-corrected chi connectivity index (χ4v) is 2.23. The summed E-state index contributed by atoms with van der Waals surface area (Å²) in [6.07, 6.45) is 4.26. The van der Waals surface area contributed by atoms with Crippen LogP contribution in [0.4, 0.5) is 24.3 Å². The lowest BCUT2D eigenvalue weighted by Crippen LogP contribution is -3.00. The van der Waals surface area contributed by atoms with E-state index >= 15 is 0 Å². The van der Waals surface area contributed by atoms with Crippen LogP contribution in [0.15, 0.2) is 60.9 Å². The van der Waals surface area contributed by atoms with Crippen LogP contribution in [0, 0.1) is 13.8 Å². The van der Waals surface area contributed by atoms with E-state index < -0.39 is 7.54 Å². The van der Waals surface area contributed by atoms with Crippen LogP contribution in [0.5, 0.6) is 0 Å². The Kier molecular flexibility index (Phi) is 7.36. The largest absolute Gasteiger partial charge is 1.00 e. The number of nitrogens with zero attached hydrogens (tertiary/aromatic N) is 2. The number of anilines is 2. The molecule has 0 aliphatic carbocycles. The molecule has 128 valence electrons. The average Bonchev–Trinajstić information content (AvgIpc) is 2.98. The van der Waals surface area contributed by atoms with Crippen molar-refractivity contribution in [3.05, 3.63) is 72.1 Å². The summed E-state index contributed by atoms with van der Waals surface area (Å²) in [6.45, 7) is 5.09. The summed E-state index contributed by atoms with van der Waals surface area (Å²) in [5.41, 5.74) is 5.05. The number of benzene rings is 2. The summed E-state index contributed by atoms with van der Waals surface area (Å²) < 4.78 is 29.0. The summed E-state index contributed by atoms with van der Waals surface area (Å²) in [7, 11) is -3.67. The van der Waals surface area contributed by atoms with Gasteiger partial charge in [0.1, 0.15) is 0 Å². The van der Waals surface area contributed by atoms with Crippen molar-refractivity contribution < 1.29 is 17.7 Å². The SMILES string of the molecule is Cc1ccc(N2C=CN(c3ccc(C)cc3)C2)cc1.FB(F)F.[F-]. The van der Waals surface area contributed by atoms with Crippen molar-refractivity contribution in [3.8, 4) is 0 Å². The summed E-state index contributed by atoms with van der Waals surface area (Å²) in [6, 6.07) is 17.3. The summed E-state index contributed by atoms with van der Waals surface area (Å²) in [5, 5.41) is 0. The molecule has 0 saturated carbocycles. The van der Waals surface area contributed by atoms with Crippen molar-refractivity contribution in [2.24, 2.45) is 0 Å². The second-order valence-electron chi connectivity index (χ2n) is 5.30. The predicted molar refractivity (Wildman–Crippen MR) is 90.4 cm³/mol. The van der Waals surface area contributed by atoms with Gasteiger partial charge < -0.3 is 14.5 Å². The first-order valence-corrected chi connectivity index (χ1v) is 7.23. The van der Waals surface area contributed by atoms with Gasteiger partial charge >= 0.3 is 7.54 Å². The van der Waals surface area contributed by atoms with Crippen molar-refractivity contribution in [2.45, 2.75) is 13.8 Å². The average molecular weight is 337 g/mol. The maximum Gasteiger partial charge on any atom is 0.762 e. The molecule has 2 nitrogen and oxygen atoms in total. The lowest BCUT2D eigenvalue weighted by Gasteiger charge is -2.21. The lowest BCUT2D eigenvalue weighted by molar-refractivity contribution is -0.00000748. The predicted octanol–water partition coefficient (Wildman–Crippen LogP) is 1.94. The molecule has 3 rings (SSSR count). The molecule has 1 aliphatic heterocycles. The summed E-state index contributed by atoms with van der Waals surface area (Å²) >= 11 is 0. The highest BCUT2D eigenvalue weighted by atomic mass is 19.4. The first kappa shape index (κ1) is 19.6. The fourth-order valence-electron chi connectivity index (χ4n) is 2.23. The molecule has 1 heterocycles. The van der Waals surface area contributed by atoms with Crippen LogP contribution in [-0.2, 0) is 0 Å². The van der Waals surface area contributed by atoms with Crippen molar-refractivity contribution >= 4 is 18.9 Å². The van der Waals surface area contributed by atoms with Gasteiger partial charge in [0.05, 0.1) is 6.67 Å². The van der Waals surface area contributed by atoms with Gasteiger partial charge in [0.25, 0.3) is 0 Å². The van der Waals surface area contributed by atoms with Gasteiger partial charge in [0, 0.05) is 23.8 Å². The van der Waals surface area contributed by atoms with Crippen LogP contribution in [0.3, 0.4) is 0 Å². The third-order valence-corrected chi connectivity index (χ3v) is 3.46. The second kappa shape index (κ2) is 9.01. The quantitative estimate of drug-likeness (QED) is 0.611. The van der Waals surface area contributed by atoms with Gasteiger partial charge in [0.15, 0.2) is 0 Å². The normalized spacial score (nSPS) is 12.4. The van der Waals surface area contributed by atoms with E-state index in [4.69, 9.17) is 0 Å². The standard InChI is InChI=1S/C17H18N2.BF3.FH/c1-14-3-7-16(8-4-14)18-11-12-19(13-18)17-9-5-15(2)6-10-17;2-1(3)4;/h3-12H,13H2,1-2H3;;1H/p-1. The van der Waals surface area contributed by atoms with Crippen molar-refractivity contribution in [1.29, 1.82) is 0 Å². The smallest absolute Gasteiger partial charge is 0.762 e. The Morgan fingerprint density at radius 3 is 1.29 bits per heavy atom.